The number of phenolic OH excluding ortho intramolecular Hbond substituents is 1. The number of fused-ring (bicyclic) bond motifs is 7. The molecule has 31 heavy (non-hydrogen) atoms. The minimum Gasteiger partial charge on any atom is -0.507 e. The van der Waals surface area contributed by atoms with Gasteiger partial charge in [0.1, 0.15) is 17.2 Å². The van der Waals surface area contributed by atoms with E-state index in [-0.39, 0.29) is 5.41 Å². The molecule has 0 amide bonds. The van der Waals surface area contributed by atoms with Gasteiger partial charge in [0.05, 0.1) is 0 Å². The molecule has 2 aliphatic rings. The molecule has 1 N–H and O–H groups in total. The quantitative estimate of drug-likeness (QED) is 0.291. The fraction of sp³-hybridized carbons (Fsp3) is 0.222. The van der Waals surface area contributed by atoms with Crippen molar-refractivity contribution in [1.29, 1.82) is 0 Å². The van der Waals surface area contributed by atoms with E-state index in [1.807, 2.05) is 60.7 Å². The predicted molar refractivity (Wildman–Crippen MR) is 120 cm³/mol. The number of benzene rings is 4. The van der Waals surface area contributed by atoms with Crippen LogP contribution >= 0.6 is 0 Å². The van der Waals surface area contributed by atoms with E-state index >= 15 is 0 Å². The summed E-state index contributed by atoms with van der Waals surface area (Å²) in [5.41, 5.74) is 1.84. The number of rotatable bonds is 2. The maximum atomic E-state index is 12.8. The Hall–Kier alpha value is -3.53. The van der Waals surface area contributed by atoms with E-state index in [1.165, 1.54) is 0 Å². The van der Waals surface area contributed by atoms with Crippen LogP contribution in [0.15, 0.2) is 66.7 Å². The molecule has 2 bridgehead atoms. The molecular formula is C27H22O4. The lowest BCUT2D eigenvalue weighted by atomic mass is 9.79. The fourth-order valence-corrected chi connectivity index (χ4v) is 5.66. The fourth-order valence-electron chi connectivity index (χ4n) is 5.66. The van der Waals surface area contributed by atoms with Gasteiger partial charge in [-0.2, -0.15) is 0 Å². The van der Waals surface area contributed by atoms with Gasteiger partial charge in [0.25, 0.3) is 0 Å². The Balaban J connectivity index is 1.41. The van der Waals surface area contributed by atoms with Gasteiger partial charge < -0.3 is 14.6 Å². The van der Waals surface area contributed by atoms with Crippen molar-refractivity contribution in [2.24, 2.45) is 0 Å². The molecule has 154 valence electrons. The first-order valence-electron chi connectivity index (χ1n) is 10.7. The summed E-state index contributed by atoms with van der Waals surface area (Å²) < 4.78 is 11.4. The Morgan fingerprint density at radius 3 is 2.55 bits per heavy atom. The Kier molecular flexibility index (Phi) is 3.82. The smallest absolute Gasteiger partial charge is 0.507 e. The molecule has 0 aliphatic heterocycles. The second kappa shape index (κ2) is 6.48. The van der Waals surface area contributed by atoms with Crippen LogP contribution in [0.3, 0.4) is 0 Å². The van der Waals surface area contributed by atoms with E-state index in [0.29, 0.717) is 28.6 Å². The topological polar surface area (TPSA) is 55.8 Å². The number of aromatic hydroxyl groups is 1. The zero-order valence-corrected chi connectivity index (χ0v) is 17.2. The van der Waals surface area contributed by atoms with Gasteiger partial charge in [-0.05, 0) is 53.5 Å². The molecule has 2 unspecified atom stereocenters. The number of hydrogen-bond donors (Lipinski definition) is 1. The molecule has 0 radical (unpaired) electrons. The van der Waals surface area contributed by atoms with Gasteiger partial charge in [-0.15, -0.1) is 0 Å². The molecule has 4 aromatic carbocycles. The third-order valence-electron chi connectivity index (χ3n) is 7.04. The first-order chi connectivity index (χ1) is 15.0. The first kappa shape index (κ1) is 18.3. The van der Waals surface area contributed by atoms with Crippen LogP contribution in [-0.2, 0) is 5.41 Å². The normalized spacial score (nSPS) is 21.4. The van der Waals surface area contributed by atoms with E-state index in [9.17, 15) is 9.90 Å². The van der Waals surface area contributed by atoms with Crippen LogP contribution in [-0.4, -0.2) is 11.3 Å². The second-order valence-corrected chi connectivity index (χ2v) is 8.98. The van der Waals surface area contributed by atoms with Gasteiger partial charge in [0, 0.05) is 21.9 Å². The van der Waals surface area contributed by atoms with Gasteiger partial charge in [0.15, 0.2) is 0 Å². The predicted octanol–water partition coefficient (Wildman–Crippen LogP) is 6.82. The molecule has 4 heteroatoms. The van der Waals surface area contributed by atoms with Crippen LogP contribution in [0.25, 0.3) is 21.5 Å². The maximum absolute atomic E-state index is 12.8. The minimum absolute atomic E-state index is 0.0749. The van der Waals surface area contributed by atoms with E-state index in [0.717, 1.165) is 46.5 Å². The van der Waals surface area contributed by atoms with Crippen molar-refractivity contribution >= 4 is 27.7 Å². The summed E-state index contributed by atoms with van der Waals surface area (Å²) in [6, 6.07) is 21.0. The zero-order valence-electron chi connectivity index (χ0n) is 17.2. The zero-order chi connectivity index (χ0) is 21.2. The van der Waals surface area contributed by atoms with Crippen molar-refractivity contribution in [2.45, 2.75) is 37.5 Å². The number of carbonyl (C=O) groups is 1. The maximum Gasteiger partial charge on any atom is 0.519 e. The SMILES string of the molecule is CC12CCC(C1)c1c2c(O)c2ccccc2c1OC(=O)Oc1ccc2ccccc2c1. The van der Waals surface area contributed by atoms with Gasteiger partial charge in [-0.1, -0.05) is 61.5 Å². The summed E-state index contributed by atoms with van der Waals surface area (Å²) in [5.74, 6) is 1.59. The summed E-state index contributed by atoms with van der Waals surface area (Å²) in [4.78, 5) is 12.8. The molecule has 4 nitrogen and oxygen atoms in total. The summed E-state index contributed by atoms with van der Waals surface area (Å²) in [5, 5.41) is 14.6. The molecule has 4 aromatic rings. The lowest BCUT2D eigenvalue weighted by Gasteiger charge is -2.27. The van der Waals surface area contributed by atoms with Crippen molar-refractivity contribution < 1.29 is 19.4 Å². The van der Waals surface area contributed by atoms with Gasteiger partial charge >= 0.3 is 6.16 Å². The standard InChI is InChI=1S/C27H22O4/c1-27-13-12-18(15-27)22-23(27)24(28)20-8-4-5-9-21(20)25(22)31-26(29)30-19-11-10-16-6-2-3-7-17(16)14-19/h2-11,14,18,28H,12-13,15H2,1H3. The summed E-state index contributed by atoms with van der Waals surface area (Å²) in [7, 11) is 0. The number of ether oxygens (including phenoxy) is 2. The lowest BCUT2D eigenvalue weighted by Crippen LogP contribution is -2.19. The van der Waals surface area contributed by atoms with Gasteiger partial charge in [-0.3, -0.25) is 0 Å². The van der Waals surface area contributed by atoms with Crippen molar-refractivity contribution in [3.8, 4) is 17.2 Å². The monoisotopic (exact) mass is 410 g/mol. The molecule has 2 aliphatic carbocycles. The average Bonchev–Trinajstić information content (AvgIpc) is 3.31. The molecule has 2 atom stereocenters. The van der Waals surface area contributed by atoms with Crippen molar-refractivity contribution in [3.63, 3.8) is 0 Å². The van der Waals surface area contributed by atoms with Crippen LogP contribution < -0.4 is 9.47 Å². The molecule has 0 spiro atoms. The van der Waals surface area contributed by atoms with Crippen LogP contribution in [0.1, 0.15) is 43.2 Å². The Labute approximate surface area is 180 Å². The number of phenols is 1. The number of carbonyl (C=O) groups excluding carboxylic acids is 1. The Morgan fingerprint density at radius 1 is 0.968 bits per heavy atom. The highest BCUT2D eigenvalue weighted by atomic mass is 16.7. The highest BCUT2D eigenvalue weighted by Gasteiger charge is 2.50. The summed E-state index contributed by atoms with van der Waals surface area (Å²) in [6.45, 7) is 2.20. The third-order valence-corrected chi connectivity index (χ3v) is 7.04. The Bertz CT molecular complexity index is 1370. The highest BCUT2D eigenvalue weighted by molar-refractivity contribution is 5.98. The van der Waals surface area contributed by atoms with Crippen molar-refractivity contribution in [2.75, 3.05) is 0 Å². The van der Waals surface area contributed by atoms with Crippen molar-refractivity contribution in [1.82, 2.24) is 0 Å². The molecular weight excluding hydrogens is 388 g/mol. The second-order valence-electron chi connectivity index (χ2n) is 8.98. The summed E-state index contributed by atoms with van der Waals surface area (Å²) in [6.07, 6.45) is 2.29. The highest BCUT2D eigenvalue weighted by Crippen LogP contribution is 2.63. The third kappa shape index (κ3) is 2.71. The van der Waals surface area contributed by atoms with E-state index < -0.39 is 6.16 Å². The van der Waals surface area contributed by atoms with Crippen LogP contribution in [0.2, 0.25) is 0 Å². The van der Waals surface area contributed by atoms with Gasteiger partial charge in [-0.25, -0.2) is 4.79 Å². The largest absolute Gasteiger partial charge is 0.519 e. The molecule has 1 saturated carbocycles. The van der Waals surface area contributed by atoms with Crippen LogP contribution in [0.5, 0.6) is 17.2 Å². The Morgan fingerprint density at radius 2 is 1.71 bits per heavy atom. The molecule has 0 aromatic heterocycles. The van der Waals surface area contributed by atoms with E-state index in [2.05, 4.69) is 6.92 Å². The average molecular weight is 410 g/mol. The van der Waals surface area contributed by atoms with Crippen molar-refractivity contribution in [3.05, 3.63) is 77.9 Å². The first-order valence-corrected chi connectivity index (χ1v) is 10.7. The molecule has 6 rings (SSSR count). The van der Waals surface area contributed by atoms with E-state index in [4.69, 9.17) is 9.47 Å². The van der Waals surface area contributed by atoms with Crippen LogP contribution in [0.4, 0.5) is 4.79 Å². The van der Waals surface area contributed by atoms with Crippen LogP contribution in [0, 0.1) is 0 Å². The lowest BCUT2D eigenvalue weighted by molar-refractivity contribution is 0.152. The molecule has 0 heterocycles. The van der Waals surface area contributed by atoms with E-state index in [1.54, 1.807) is 6.07 Å². The number of hydrogen-bond acceptors (Lipinski definition) is 4. The molecule has 0 saturated heterocycles. The minimum atomic E-state index is -0.763. The molecule has 1 fully saturated rings. The van der Waals surface area contributed by atoms with Gasteiger partial charge in [0.2, 0.25) is 0 Å². The summed E-state index contributed by atoms with van der Waals surface area (Å²) >= 11 is 0.